The van der Waals surface area contributed by atoms with E-state index in [1.54, 1.807) is 44.2 Å². The van der Waals surface area contributed by atoms with E-state index in [1.165, 1.54) is 13.3 Å². The number of halogens is 2. The number of ether oxygens (including phenoxy) is 4. The second-order valence-electron chi connectivity index (χ2n) is 8.89. The SMILES string of the molecule is CCOc1cc([C@@H]2NC(=O)NC(C)=C2C(=O)OC)ccc1OC[C@H](O)N/N=C/c1cc(Cl)cc(Cl)c1OC(C)C. The number of hydrogen-bond donors (Lipinski definition) is 4. The zero-order valence-corrected chi connectivity index (χ0v) is 24.2. The molecule has 0 saturated heterocycles. The number of nitrogens with one attached hydrogen (secondary N) is 3. The molecule has 0 fully saturated rings. The first-order valence-corrected chi connectivity index (χ1v) is 13.2. The van der Waals surface area contributed by atoms with Gasteiger partial charge in [0.1, 0.15) is 12.4 Å². The lowest BCUT2D eigenvalue weighted by Gasteiger charge is -2.28. The van der Waals surface area contributed by atoms with Gasteiger partial charge in [-0.15, -0.1) is 0 Å². The highest BCUT2D eigenvalue weighted by atomic mass is 35.5. The summed E-state index contributed by atoms with van der Waals surface area (Å²) in [5, 5.41) is 20.5. The standard InChI is InChI=1S/C27H32Cl2N4O7/c1-6-38-21-10-16(24-23(26(35)37-5)15(4)31-27(36)32-24)7-8-20(21)39-13-22(34)33-30-12-17-9-18(28)11-19(29)25(17)40-14(2)3/h7-12,14,22,24,33-34H,6,13H2,1-5H3,(H2,31,32,36)/b30-12+/t22-,24-/m0/s1. The molecule has 3 rings (SSSR count). The molecule has 11 nitrogen and oxygen atoms in total. The molecule has 1 aliphatic heterocycles. The molecule has 0 spiro atoms. The van der Waals surface area contributed by atoms with Crippen molar-refractivity contribution in [1.29, 1.82) is 0 Å². The molecule has 216 valence electrons. The van der Waals surface area contributed by atoms with E-state index in [4.69, 9.17) is 42.1 Å². The van der Waals surface area contributed by atoms with Gasteiger partial charge in [0.05, 0.1) is 42.7 Å². The van der Waals surface area contributed by atoms with E-state index >= 15 is 0 Å². The maximum absolute atomic E-state index is 12.4. The minimum atomic E-state index is -1.19. The van der Waals surface area contributed by atoms with Crippen LogP contribution in [0.3, 0.4) is 0 Å². The van der Waals surface area contributed by atoms with Crippen LogP contribution in [0.2, 0.25) is 10.0 Å². The lowest BCUT2D eigenvalue weighted by Crippen LogP contribution is -2.45. The van der Waals surface area contributed by atoms with Gasteiger partial charge in [-0.2, -0.15) is 5.10 Å². The van der Waals surface area contributed by atoms with Crippen LogP contribution in [0.5, 0.6) is 17.2 Å². The number of aliphatic hydroxyl groups excluding tert-OH is 1. The zero-order valence-electron chi connectivity index (χ0n) is 22.7. The van der Waals surface area contributed by atoms with Gasteiger partial charge in [0.15, 0.2) is 17.7 Å². The second kappa shape index (κ2) is 14.1. The van der Waals surface area contributed by atoms with E-state index < -0.39 is 24.3 Å². The normalized spacial score (nSPS) is 15.9. The molecule has 0 unspecified atom stereocenters. The summed E-state index contributed by atoms with van der Waals surface area (Å²) in [5.41, 5.74) is 4.33. The Hall–Kier alpha value is -3.67. The van der Waals surface area contributed by atoms with E-state index in [-0.39, 0.29) is 18.3 Å². The number of hydrazone groups is 1. The summed E-state index contributed by atoms with van der Waals surface area (Å²) in [6.07, 6.45) is 0.123. The molecule has 2 atom stereocenters. The van der Waals surface area contributed by atoms with Gasteiger partial charge < -0.3 is 34.7 Å². The fraction of sp³-hybridized carbons (Fsp3) is 0.370. The van der Waals surface area contributed by atoms with Crippen LogP contribution in [0.1, 0.15) is 44.9 Å². The zero-order chi connectivity index (χ0) is 29.4. The largest absolute Gasteiger partial charge is 0.490 e. The molecule has 13 heteroatoms. The molecule has 0 aliphatic carbocycles. The van der Waals surface area contributed by atoms with E-state index in [2.05, 4.69) is 21.2 Å². The molecule has 0 aromatic heterocycles. The van der Waals surface area contributed by atoms with Crippen molar-refractivity contribution in [2.24, 2.45) is 5.10 Å². The summed E-state index contributed by atoms with van der Waals surface area (Å²) in [6.45, 7) is 7.30. The number of carbonyl (C=O) groups is 2. The minimum Gasteiger partial charge on any atom is -0.490 e. The number of amides is 2. The molecule has 0 bridgehead atoms. The maximum Gasteiger partial charge on any atom is 0.337 e. The van der Waals surface area contributed by atoms with Crippen molar-refractivity contribution in [3.05, 3.63) is 62.8 Å². The summed E-state index contributed by atoms with van der Waals surface area (Å²) in [5.74, 6) is 0.537. The fourth-order valence-electron chi connectivity index (χ4n) is 3.85. The number of rotatable bonds is 12. The molecule has 0 radical (unpaired) electrons. The van der Waals surface area contributed by atoms with Crippen LogP contribution in [0.15, 0.2) is 46.7 Å². The lowest BCUT2D eigenvalue weighted by molar-refractivity contribution is -0.136. The van der Waals surface area contributed by atoms with E-state index in [0.29, 0.717) is 50.7 Å². The maximum atomic E-state index is 12.4. The van der Waals surface area contributed by atoms with Crippen molar-refractivity contribution in [2.75, 3.05) is 20.3 Å². The molecule has 4 N–H and O–H groups in total. The van der Waals surface area contributed by atoms with Crippen molar-refractivity contribution in [1.82, 2.24) is 16.1 Å². The average Bonchev–Trinajstić information content (AvgIpc) is 2.89. The average molecular weight is 595 g/mol. The second-order valence-corrected chi connectivity index (χ2v) is 9.73. The smallest absolute Gasteiger partial charge is 0.337 e. The number of benzene rings is 2. The summed E-state index contributed by atoms with van der Waals surface area (Å²) in [4.78, 5) is 24.5. The molecule has 0 saturated carbocycles. The molecule has 40 heavy (non-hydrogen) atoms. The Labute approximate surface area is 242 Å². The van der Waals surface area contributed by atoms with Gasteiger partial charge in [-0.3, -0.25) is 5.43 Å². The van der Waals surface area contributed by atoms with Crippen LogP contribution in [0.4, 0.5) is 4.79 Å². The predicted molar refractivity (Wildman–Crippen MR) is 151 cm³/mol. The van der Waals surface area contributed by atoms with Crippen molar-refractivity contribution >= 4 is 41.4 Å². The van der Waals surface area contributed by atoms with Crippen LogP contribution in [-0.4, -0.2) is 56.0 Å². The predicted octanol–water partition coefficient (Wildman–Crippen LogP) is 4.30. The Bertz CT molecular complexity index is 1300. The summed E-state index contributed by atoms with van der Waals surface area (Å²) in [6, 6.07) is 6.96. The van der Waals surface area contributed by atoms with E-state index in [1.807, 2.05) is 13.8 Å². The first kappa shape index (κ1) is 30.9. The van der Waals surface area contributed by atoms with Gasteiger partial charge in [0, 0.05) is 16.3 Å². The molecular weight excluding hydrogens is 563 g/mol. The van der Waals surface area contributed by atoms with Gasteiger partial charge in [0.25, 0.3) is 0 Å². The minimum absolute atomic E-state index is 0.123. The molecule has 2 amide bonds. The lowest BCUT2D eigenvalue weighted by atomic mass is 9.95. The summed E-state index contributed by atoms with van der Waals surface area (Å²) in [7, 11) is 1.27. The number of esters is 1. The Morgan fingerprint density at radius 3 is 2.62 bits per heavy atom. The fourth-order valence-corrected chi connectivity index (χ4v) is 4.40. The Balaban J connectivity index is 1.72. The molecule has 2 aromatic carbocycles. The third kappa shape index (κ3) is 7.93. The Morgan fingerprint density at radius 2 is 1.95 bits per heavy atom. The van der Waals surface area contributed by atoms with Crippen molar-refractivity contribution in [3.8, 4) is 17.2 Å². The van der Waals surface area contributed by atoms with E-state index in [0.717, 1.165) is 0 Å². The number of hydrogen-bond acceptors (Lipinski definition) is 9. The van der Waals surface area contributed by atoms with Gasteiger partial charge >= 0.3 is 12.0 Å². The number of aliphatic hydroxyl groups is 1. The van der Waals surface area contributed by atoms with Crippen LogP contribution in [0.25, 0.3) is 0 Å². The first-order valence-electron chi connectivity index (χ1n) is 12.4. The van der Waals surface area contributed by atoms with Gasteiger partial charge in [-0.1, -0.05) is 29.3 Å². The summed E-state index contributed by atoms with van der Waals surface area (Å²) >= 11 is 12.4. The number of nitrogens with zero attached hydrogens (tertiary/aromatic N) is 1. The van der Waals surface area contributed by atoms with Gasteiger partial charge in [-0.25, -0.2) is 9.59 Å². The van der Waals surface area contributed by atoms with Gasteiger partial charge in [-0.05, 0) is 57.5 Å². The number of allylic oxidation sites excluding steroid dienone is 1. The highest BCUT2D eigenvalue weighted by molar-refractivity contribution is 6.36. The molecule has 2 aromatic rings. The van der Waals surface area contributed by atoms with Crippen LogP contribution < -0.4 is 30.3 Å². The first-order chi connectivity index (χ1) is 19.0. The Morgan fingerprint density at radius 1 is 1.20 bits per heavy atom. The highest BCUT2D eigenvalue weighted by Crippen LogP contribution is 2.35. The Kier molecular flexibility index (Phi) is 10.9. The third-order valence-electron chi connectivity index (χ3n) is 5.49. The molecule has 1 heterocycles. The highest BCUT2D eigenvalue weighted by Gasteiger charge is 2.32. The van der Waals surface area contributed by atoms with Crippen molar-refractivity contribution in [3.63, 3.8) is 0 Å². The van der Waals surface area contributed by atoms with Crippen molar-refractivity contribution in [2.45, 2.75) is 46.1 Å². The molecule has 1 aliphatic rings. The monoisotopic (exact) mass is 594 g/mol. The number of urea groups is 1. The topological polar surface area (TPSA) is 140 Å². The summed E-state index contributed by atoms with van der Waals surface area (Å²) < 4.78 is 22.1. The number of carbonyl (C=O) groups excluding carboxylic acids is 2. The molecular formula is C27H32Cl2N4O7. The van der Waals surface area contributed by atoms with Gasteiger partial charge in [0.2, 0.25) is 0 Å². The quantitative estimate of drug-likeness (QED) is 0.123. The van der Waals surface area contributed by atoms with Crippen molar-refractivity contribution < 1.29 is 33.6 Å². The third-order valence-corrected chi connectivity index (χ3v) is 5.99. The van der Waals surface area contributed by atoms with Crippen LogP contribution in [0, 0.1) is 0 Å². The van der Waals surface area contributed by atoms with Crippen LogP contribution >= 0.6 is 23.2 Å². The number of methoxy groups -OCH3 is 1. The van der Waals surface area contributed by atoms with E-state index in [9.17, 15) is 14.7 Å². The van der Waals surface area contributed by atoms with Crippen LogP contribution in [-0.2, 0) is 9.53 Å².